The van der Waals surface area contributed by atoms with E-state index < -0.39 is 5.97 Å². The Bertz CT molecular complexity index is 430. The van der Waals surface area contributed by atoms with Gasteiger partial charge in [-0.15, -0.1) is 0 Å². The van der Waals surface area contributed by atoms with Crippen LogP contribution >= 0.6 is 11.8 Å². The minimum Gasteiger partial charge on any atom is -0.496 e. The zero-order valence-corrected chi connectivity index (χ0v) is 11.2. The normalized spacial score (nSPS) is 16.5. The van der Waals surface area contributed by atoms with Crippen molar-refractivity contribution in [1.29, 1.82) is 0 Å². The molecular weight excluding hydrogens is 250 g/mol. The molecule has 1 aromatic carbocycles. The molecular formula is C13H17NO3S. The van der Waals surface area contributed by atoms with Gasteiger partial charge < -0.3 is 9.84 Å². The van der Waals surface area contributed by atoms with Crippen molar-refractivity contribution in [2.45, 2.75) is 6.54 Å². The fourth-order valence-electron chi connectivity index (χ4n) is 2.04. The van der Waals surface area contributed by atoms with Gasteiger partial charge in [-0.25, -0.2) is 4.79 Å². The van der Waals surface area contributed by atoms with Crippen LogP contribution in [-0.2, 0) is 6.54 Å². The van der Waals surface area contributed by atoms with E-state index >= 15 is 0 Å². The van der Waals surface area contributed by atoms with Crippen LogP contribution in [0.4, 0.5) is 0 Å². The molecule has 0 spiro atoms. The van der Waals surface area contributed by atoms with Gasteiger partial charge in [-0.3, -0.25) is 4.90 Å². The first-order valence-electron chi connectivity index (χ1n) is 5.91. The molecule has 1 saturated heterocycles. The molecule has 1 fully saturated rings. The number of methoxy groups -OCH3 is 1. The number of carbonyl (C=O) groups is 1. The molecule has 0 radical (unpaired) electrons. The number of benzene rings is 1. The molecule has 1 N–H and O–H groups in total. The van der Waals surface area contributed by atoms with Crippen LogP contribution in [-0.4, -0.2) is 47.7 Å². The van der Waals surface area contributed by atoms with Gasteiger partial charge in [0.25, 0.3) is 0 Å². The molecule has 1 aliphatic heterocycles. The van der Waals surface area contributed by atoms with E-state index in [2.05, 4.69) is 4.90 Å². The van der Waals surface area contributed by atoms with Crippen molar-refractivity contribution < 1.29 is 14.6 Å². The molecule has 4 nitrogen and oxygen atoms in total. The Balaban J connectivity index is 2.13. The minimum absolute atomic E-state index is 0.237. The highest BCUT2D eigenvalue weighted by Crippen LogP contribution is 2.21. The third kappa shape index (κ3) is 3.17. The van der Waals surface area contributed by atoms with Gasteiger partial charge in [0, 0.05) is 31.1 Å². The lowest BCUT2D eigenvalue weighted by atomic mass is 10.1. The summed E-state index contributed by atoms with van der Waals surface area (Å²) in [6.45, 7) is 2.95. The molecule has 0 aliphatic carbocycles. The van der Waals surface area contributed by atoms with Gasteiger partial charge in [0.2, 0.25) is 0 Å². The van der Waals surface area contributed by atoms with Crippen LogP contribution < -0.4 is 4.74 Å². The first-order valence-corrected chi connectivity index (χ1v) is 7.06. The molecule has 1 aliphatic rings. The Kier molecular flexibility index (Phi) is 4.49. The first-order chi connectivity index (χ1) is 8.70. The molecule has 0 aromatic heterocycles. The summed E-state index contributed by atoms with van der Waals surface area (Å²) in [6.07, 6.45) is 0. The standard InChI is InChI=1S/C13H17NO3S/c1-17-12-3-2-10(8-11(12)13(15)16)9-14-4-6-18-7-5-14/h2-3,8H,4-7,9H2,1H3,(H,15,16). The second-order valence-electron chi connectivity index (χ2n) is 4.23. The van der Waals surface area contributed by atoms with E-state index in [4.69, 9.17) is 9.84 Å². The maximum Gasteiger partial charge on any atom is 0.339 e. The molecule has 98 valence electrons. The lowest BCUT2D eigenvalue weighted by molar-refractivity contribution is 0.0693. The largest absolute Gasteiger partial charge is 0.496 e. The fourth-order valence-corrected chi connectivity index (χ4v) is 3.02. The Labute approximate surface area is 111 Å². The van der Waals surface area contributed by atoms with Crippen molar-refractivity contribution in [2.24, 2.45) is 0 Å². The topological polar surface area (TPSA) is 49.8 Å². The van der Waals surface area contributed by atoms with E-state index in [-0.39, 0.29) is 5.56 Å². The molecule has 2 rings (SSSR count). The lowest BCUT2D eigenvalue weighted by Gasteiger charge is -2.26. The summed E-state index contributed by atoms with van der Waals surface area (Å²) < 4.78 is 5.05. The molecule has 5 heteroatoms. The van der Waals surface area contributed by atoms with Crippen LogP contribution in [0.5, 0.6) is 5.75 Å². The Morgan fingerprint density at radius 3 is 2.78 bits per heavy atom. The SMILES string of the molecule is COc1ccc(CN2CCSCC2)cc1C(=O)O. The van der Waals surface area contributed by atoms with Gasteiger partial charge in [0.1, 0.15) is 11.3 Å². The van der Waals surface area contributed by atoms with Crippen molar-refractivity contribution in [3.63, 3.8) is 0 Å². The van der Waals surface area contributed by atoms with Gasteiger partial charge in [-0.1, -0.05) is 6.07 Å². The number of hydrogen-bond donors (Lipinski definition) is 1. The molecule has 0 unspecified atom stereocenters. The quantitative estimate of drug-likeness (QED) is 0.903. The highest BCUT2D eigenvalue weighted by Gasteiger charge is 2.14. The summed E-state index contributed by atoms with van der Waals surface area (Å²) in [5.41, 5.74) is 1.27. The highest BCUT2D eigenvalue weighted by molar-refractivity contribution is 7.99. The fraction of sp³-hybridized carbons (Fsp3) is 0.462. The molecule has 0 amide bonds. The van der Waals surface area contributed by atoms with Crippen LogP contribution in [0.15, 0.2) is 18.2 Å². The molecule has 0 bridgehead atoms. The van der Waals surface area contributed by atoms with Crippen molar-refractivity contribution in [2.75, 3.05) is 31.7 Å². The molecule has 1 heterocycles. The predicted octanol–water partition coefficient (Wildman–Crippen LogP) is 1.94. The second kappa shape index (κ2) is 6.11. The van der Waals surface area contributed by atoms with Crippen LogP contribution in [0.25, 0.3) is 0 Å². The average Bonchev–Trinajstić information content (AvgIpc) is 2.40. The Morgan fingerprint density at radius 1 is 1.44 bits per heavy atom. The van der Waals surface area contributed by atoms with Crippen LogP contribution in [0, 0.1) is 0 Å². The van der Waals surface area contributed by atoms with Crippen LogP contribution in [0.3, 0.4) is 0 Å². The molecule has 0 saturated carbocycles. The number of thioether (sulfide) groups is 1. The summed E-state index contributed by atoms with van der Waals surface area (Å²) >= 11 is 1.97. The predicted molar refractivity (Wildman–Crippen MR) is 72.6 cm³/mol. The van der Waals surface area contributed by atoms with E-state index in [0.717, 1.165) is 36.7 Å². The first kappa shape index (κ1) is 13.2. The monoisotopic (exact) mass is 267 g/mol. The molecule has 0 atom stereocenters. The minimum atomic E-state index is -0.942. The molecule has 1 aromatic rings. The van der Waals surface area contributed by atoms with E-state index in [1.807, 2.05) is 17.8 Å². The maximum atomic E-state index is 11.1. The number of aromatic carboxylic acids is 1. The third-order valence-electron chi connectivity index (χ3n) is 3.00. The summed E-state index contributed by atoms with van der Waals surface area (Å²) in [7, 11) is 1.49. The van der Waals surface area contributed by atoms with Crippen molar-refractivity contribution in [3.05, 3.63) is 29.3 Å². The van der Waals surface area contributed by atoms with Gasteiger partial charge in [-0.2, -0.15) is 11.8 Å². The van der Waals surface area contributed by atoms with Gasteiger partial charge in [0.05, 0.1) is 7.11 Å². The second-order valence-corrected chi connectivity index (χ2v) is 5.45. The van der Waals surface area contributed by atoms with Crippen LogP contribution in [0.1, 0.15) is 15.9 Å². The number of nitrogens with zero attached hydrogens (tertiary/aromatic N) is 1. The smallest absolute Gasteiger partial charge is 0.339 e. The van der Waals surface area contributed by atoms with E-state index in [9.17, 15) is 4.79 Å². The number of hydrogen-bond acceptors (Lipinski definition) is 4. The zero-order valence-electron chi connectivity index (χ0n) is 10.4. The van der Waals surface area contributed by atoms with E-state index in [1.165, 1.54) is 7.11 Å². The Hall–Kier alpha value is -1.20. The number of carboxylic acid groups (broad SMARTS) is 1. The van der Waals surface area contributed by atoms with E-state index in [1.54, 1.807) is 12.1 Å². The summed E-state index contributed by atoms with van der Waals surface area (Å²) in [4.78, 5) is 13.5. The third-order valence-corrected chi connectivity index (χ3v) is 3.95. The highest BCUT2D eigenvalue weighted by atomic mass is 32.2. The molecule has 18 heavy (non-hydrogen) atoms. The number of rotatable bonds is 4. The van der Waals surface area contributed by atoms with Crippen molar-refractivity contribution in [3.8, 4) is 5.75 Å². The summed E-state index contributed by atoms with van der Waals surface area (Å²) in [5.74, 6) is 1.78. The van der Waals surface area contributed by atoms with Gasteiger partial charge in [-0.05, 0) is 17.7 Å². The summed E-state index contributed by atoms with van der Waals surface area (Å²) in [6, 6.07) is 5.38. The van der Waals surface area contributed by atoms with Crippen molar-refractivity contribution in [1.82, 2.24) is 4.90 Å². The van der Waals surface area contributed by atoms with Crippen LogP contribution in [0.2, 0.25) is 0 Å². The van der Waals surface area contributed by atoms with Gasteiger partial charge in [0.15, 0.2) is 0 Å². The average molecular weight is 267 g/mol. The lowest BCUT2D eigenvalue weighted by Crippen LogP contribution is -2.32. The number of carboxylic acids is 1. The summed E-state index contributed by atoms with van der Waals surface area (Å²) in [5, 5.41) is 9.13. The van der Waals surface area contributed by atoms with Crippen molar-refractivity contribution >= 4 is 17.7 Å². The van der Waals surface area contributed by atoms with E-state index in [0.29, 0.717) is 5.75 Å². The zero-order chi connectivity index (χ0) is 13.0. The van der Waals surface area contributed by atoms with Gasteiger partial charge >= 0.3 is 5.97 Å². The number of ether oxygens (including phenoxy) is 1. The Morgan fingerprint density at radius 2 is 2.17 bits per heavy atom. The maximum absolute atomic E-state index is 11.1.